The van der Waals surface area contributed by atoms with Crippen LogP contribution in [0.5, 0.6) is 0 Å². The Balaban J connectivity index is 3.06. The molecule has 0 radical (unpaired) electrons. The summed E-state index contributed by atoms with van der Waals surface area (Å²) >= 11 is 0. The average Bonchev–Trinajstić information content (AvgIpc) is 1.98. The number of oxime groups is 1. The molecule has 0 aromatic heterocycles. The fraction of sp³-hybridized carbons (Fsp3) is 0.667. The maximum Gasteiger partial charge on any atom is 0.0886 e. The van der Waals surface area contributed by atoms with E-state index in [1.165, 1.54) is 0 Å². The first-order valence-electron chi connectivity index (χ1n) is 4.14. The minimum atomic E-state index is -0.178. The predicted molar refractivity (Wildman–Crippen MR) is 49.4 cm³/mol. The van der Waals surface area contributed by atoms with Crippen LogP contribution < -0.4 is 0 Å². The minimum Gasteiger partial charge on any atom is -0.411 e. The van der Waals surface area contributed by atoms with E-state index in [0.29, 0.717) is 0 Å². The first-order chi connectivity index (χ1) is 5.50. The van der Waals surface area contributed by atoms with Gasteiger partial charge in [0.2, 0.25) is 0 Å². The Morgan fingerprint density at radius 2 is 2.17 bits per heavy atom. The van der Waals surface area contributed by atoms with E-state index < -0.39 is 0 Å². The number of nitrogens with zero attached hydrogens (tertiary/aromatic N) is 2. The van der Waals surface area contributed by atoms with E-state index in [4.69, 9.17) is 5.21 Å². The van der Waals surface area contributed by atoms with Crippen LogP contribution in [0.15, 0.2) is 17.4 Å². The molecule has 0 saturated carbocycles. The quantitative estimate of drug-likeness (QED) is 0.441. The maximum absolute atomic E-state index is 8.84. The fourth-order valence-corrected chi connectivity index (χ4v) is 1.49. The van der Waals surface area contributed by atoms with Crippen molar-refractivity contribution in [2.45, 2.75) is 26.3 Å². The summed E-state index contributed by atoms with van der Waals surface area (Å²) in [6, 6.07) is 0. The molecule has 3 heteroatoms. The van der Waals surface area contributed by atoms with E-state index in [9.17, 15) is 0 Å². The number of rotatable bonds is 0. The zero-order chi connectivity index (χ0) is 9.35. The largest absolute Gasteiger partial charge is 0.411 e. The first kappa shape index (κ1) is 9.10. The molecule has 1 heterocycles. The molecule has 0 amide bonds. The SMILES string of the molecule is CC1C=CN(C)C(C)(C)/C1=N/O. The molecule has 68 valence electrons. The van der Waals surface area contributed by atoms with Gasteiger partial charge < -0.3 is 10.1 Å². The molecule has 12 heavy (non-hydrogen) atoms. The lowest BCUT2D eigenvalue weighted by Gasteiger charge is -2.40. The number of allylic oxidation sites excluding steroid dienone is 1. The summed E-state index contributed by atoms with van der Waals surface area (Å²) in [5.41, 5.74) is 0.635. The third-order valence-corrected chi connectivity index (χ3v) is 2.65. The van der Waals surface area contributed by atoms with Crippen molar-refractivity contribution in [3.8, 4) is 0 Å². The van der Waals surface area contributed by atoms with Crippen LogP contribution in [0, 0.1) is 5.92 Å². The van der Waals surface area contributed by atoms with Gasteiger partial charge in [-0.2, -0.15) is 0 Å². The zero-order valence-electron chi connectivity index (χ0n) is 8.07. The molecule has 0 aromatic carbocycles. The van der Waals surface area contributed by atoms with Gasteiger partial charge in [-0.25, -0.2) is 0 Å². The van der Waals surface area contributed by atoms with Gasteiger partial charge in [-0.15, -0.1) is 0 Å². The van der Waals surface area contributed by atoms with E-state index in [-0.39, 0.29) is 11.5 Å². The third kappa shape index (κ3) is 1.19. The molecular weight excluding hydrogens is 152 g/mol. The van der Waals surface area contributed by atoms with Gasteiger partial charge in [0.05, 0.1) is 11.3 Å². The van der Waals surface area contributed by atoms with Crippen molar-refractivity contribution >= 4 is 5.71 Å². The Hall–Kier alpha value is -0.990. The van der Waals surface area contributed by atoms with E-state index in [2.05, 4.69) is 5.16 Å². The molecule has 0 bridgehead atoms. The molecule has 1 aliphatic rings. The van der Waals surface area contributed by atoms with Gasteiger partial charge in [0.1, 0.15) is 0 Å². The average molecular weight is 168 g/mol. The summed E-state index contributed by atoms with van der Waals surface area (Å²) in [6.45, 7) is 6.12. The molecule has 0 aliphatic carbocycles. The summed E-state index contributed by atoms with van der Waals surface area (Å²) in [4.78, 5) is 2.04. The Labute approximate surface area is 73.4 Å². The normalized spacial score (nSPS) is 31.2. The van der Waals surface area contributed by atoms with Crippen molar-refractivity contribution < 1.29 is 5.21 Å². The van der Waals surface area contributed by atoms with E-state index >= 15 is 0 Å². The Bertz CT molecular complexity index is 231. The maximum atomic E-state index is 8.84. The van der Waals surface area contributed by atoms with Crippen LogP contribution in [-0.2, 0) is 0 Å². The van der Waals surface area contributed by atoms with E-state index in [0.717, 1.165) is 5.71 Å². The smallest absolute Gasteiger partial charge is 0.0886 e. The molecule has 1 rings (SSSR count). The molecule has 1 aliphatic heterocycles. The van der Waals surface area contributed by atoms with Crippen LogP contribution >= 0.6 is 0 Å². The first-order valence-corrected chi connectivity index (χ1v) is 4.14. The van der Waals surface area contributed by atoms with Crippen molar-refractivity contribution in [3.05, 3.63) is 12.3 Å². The van der Waals surface area contributed by atoms with Gasteiger partial charge >= 0.3 is 0 Å². The van der Waals surface area contributed by atoms with Crippen molar-refractivity contribution in [1.82, 2.24) is 4.90 Å². The lowest BCUT2D eigenvalue weighted by Crippen LogP contribution is -2.49. The van der Waals surface area contributed by atoms with Gasteiger partial charge in [0.25, 0.3) is 0 Å². The highest BCUT2D eigenvalue weighted by Gasteiger charge is 2.34. The van der Waals surface area contributed by atoms with Crippen molar-refractivity contribution in [1.29, 1.82) is 0 Å². The molecular formula is C9H16N2O. The fourth-order valence-electron chi connectivity index (χ4n) is 1.49. The van der Waals surface area contributed by atoms with Crippen LogP contribution in [0.4, 0.5) is 0 Å². The Morgan fingerprint density at radius 3 is 2.58 bits per heavy atom. The van der Waals surface area contributed by atoms with E-state index in [1.54, 1.807) is 0 Å². The zero-order valence-corrected chi connectivity index (χ0v) is 8.07. The second-order valence-electron chi connectivity index (χ2n) is 3.79. The summed E-state index contributed by atoms with van der Waals surface area (Å²) in [5.74, 6) is 0.223. The van der Waals surface area contributed by atoms with Crippen LogP contribution in [0.2, 0.25) is 0 Å². The minimum absolute atomic E-state index is 0.178. The van der Waals surface area contributed by atoms with E-state index in [1.807, 2.05) is 45.0 Å². The standard InChI is InChI=1S/C9H16N2O/c1-7-5-6-11(4)9(2,3)8(7)10-12/h5-7,12H,1-4H3/b10-8+. The Kier molecular flexibility index (Phi) is 2.13. The molecule has 0 fully saturated rings. The lowest BCUT2D eigenvalue weighted by atomic mass is 9.85. The van der Waals surface area contributed by atoms with Gasteiger partial charge in [-0.1, -0.05) is 18.2 Å². The van der Waals surface area contributed by atoms with Crippen LogP contribution in [0.25, 0.3) is 0 Å². The molecule has 0 saturated heterocycles. The van der Waals surface area contributed by atoms with Crippen LogP contribution in [0.1, 0.15) is 20.8 Å². The number of hydrogen-bond acceptors (Lipinski definition) is 3. The van der Waals surface area contributed by atoms with Crippen LogP contribution in [0.3, 0.4) is 0 Å². The molecule has 1 atom stereocenters. The topological polar surface area (TPSA) is 35.8 Å². The third-order valence-electron chi connectivity index (χ3n) is 2.65. The van der Waals surface area contributed by atoms with Crippen molar-refractivity contribution in [2.75, 3.05) is 7.05 Å². The highest BCUT2D eigenvalue weighted by molar-refractivity contribution is 5.96. The predicted octanol–water partition coefficient (Wildman–Crippen LogP) is 1.69. The lowest BCUT2D eigenvalue weighted by molar-refractivity contribution is 0.261. The molecule has 1 N–H and O–H groups in total. The summed E-state index contributed by atoms with van der Waals surface area (Å²) in [6.07, 6.45) is 4.06. The highest BCUT2D eigenvalue weighted by atomic mass is 16.4. The second-order valence-corrected chi connectivity index (χ2v) is 3.79. The van der Waals surface area contributed by atoms with Crippen molar-refractivity contribution in [2.24, 2.45) is 11.1 Å². The van der Waals surface area contributed by atoms with Gasteiger partial charge in [0.15, 0.2) is 0 Å². The van der Waals surface area contributed by atoms with Gasteiger partial charge in [-0.05, 0) is 20.0 Å². The summed E-state index contributed by atoms with van der Waals surface area (Å²) in [5, 5.41) is 12.2. The summed E-state index contributed by atoms with van der Waals surface area (Å²) in [7, 11) is 1.98. The molecule has 0 aromatic rings. The highest BCUT2D eigenvalue weighted by Crippen LogP contribution is 2.25. The molecule has 1 unspecified atom stereocenters. The second kappa shape index (κ2) is 2.81. The Morgan fingerprint density at radius 1 is 1.58 bits per heavy atom. The monoisotopic (exact) mass is 168 g/mol. The van der Waals surface area contributed by atoms with Crippen molar-refractivity contribution in [3.63, 3.8) is 0 Å². The molecule has 0 spiro atoms. The van der Waals surface area contributed by atoms with Gasteiger partial charge in [-0.3, -0.25) is 0 Å². The van der Waals surface area contributed by atoms with Crippen LogP contribution in [-0.4, -0.2) is 28.4 Å². The number of hydrogen-bond donors (Lipinski definition) is 1. The molecule has 3 nitrogen and oxygen atoms in total. The summed E-state index contributed by atoms with van der Waals surface area (Å²) < 4.78 is 0. The van der Waals surface area contributed by atoms with Gasteiger partial charge in [0, 0.05) is 13.0 Å².